The standard InChI is InChI=1S/C13H16F3N5O.HI/c1-17-12(19-7-10-3-2-6-22-10)20-8-11-18-4-5-21(11)9-13(14,15)16;/h2-6H,7-9H2,1H3,(H2,17,19,20);1H. The molecule has 2 aromatic rings. The van der Waals surface area contributed by atoms with Gasteiger partial charge in [0.1, 0.15) is 18.1 Å². The summed E-state index contributed by atoms with van der Waals surface area (Å²) in [6, 6.07) is 3.57. The Morgan fingerprint density at radius 3 is 2.70 bits per heavy atom. The largest absolute Gasteiger partial charge is 0.467 e. The highest BCUT2D eigenvalue weighted by atomic mass is 127. The Labute approximate surface area is 148 Å². The zero-order valence-corrected chi connectivity index (χ0v) is 14.6. The van der Waals surface area contributed by atoms with Crippen LogP contribution in [0.5, 0.6) is 0 Å². The van der Waals surface area contributed by atoms with E-state index in [4.69, 9.17) is 4.42 Å². The Morgan fingerprint density at radius 2 is 2.09 bits per heavy atom. The maximum atomic E-state index is 12.4. The molecule has 0 spiro atoms. The molecule has 0 aliphatic rings. The van der Waals surface area contributed by atoms with Crippen molar-refractivity contribution in [1.82, 2.24) is 20.2 Å². The van der Waals surface area contributed by atoms with Gasteiger partial charge in [-0.1, -0.05) is 0 Å². The highest BCUT2D eigenvalue weighted by Gasteiger charge is 2.28. The lowest BCUT2D eigenvalue weighted by Gasteiger charge is -2.13. The van der Waals surface area contributed by atoms with Crippen LogP contribution in [0.3, 0.4) is 0 Å². The average molecular weight is 443 g/mol. The second-order valence-electron chi connectivity index (χ2n) is 4.45. The molecule has 0 aliphatic heterocycles. The number of aromatic nitrogens is 2. The minimum absolute atomic E-state index is 0. The maximum Gasteiger partial charge on any atom is 0.406 e. The van der Waals surface area contributed by atoms with Gasteiger partial charge < -0.3 is 19.6 Å². The van der Waals surface area contributed by atoms with Crippen LogP contribution in [0, 0.1) is 0 Å². The molecular weight excluding hydrogens is 426 g/mol. The Hall–Kier alpha value is -1.72. The molecule has 0 atom stereocenters. The smallest absolute Gasteiger partial charge is 0.406 e. The van der Waals surface area contributed by atoms with E-state index in [1.807, 2.05) is 0 Å². The highest BCUT2D eigenvalue weighted by molar-refractivity contribution is 14.0. The van der Waals surface area contributed by atoms with Crippen LogP contribution in [0.15, 0.2) is 40.2 Å². The molecule has 0 aliphatic carbocycles. The number of aliphatic imine (C=N–C) groups is 1. The molecule has 6 nitrogen and oxygen atoms in total. The zero-order chi connectivity index (χ0) is 16.0. The second kappa shape index (κ2) is 8.79. The Balaban J connectivity index is 0.00000264. The zero-order valence-electron chi connectivity index (χ0n) is 12.3. The molecule has 2 rings (SSSR count). The van der Waals surface area contributed by atoms with Gasteiger partial charge in [0.2, 0.25) is 0 Å². The molecule has 2 N–H and O–H groups in total. The summed E-state index contributed by atoms with van der Waals surface area (Å²) in [5, 5.41) is 5.89. The molecule has 0 saturated heterocycles. The molecule has 0 radical (unpaired) electrons. The first-order valence-corrected chi connectivity index (χ1v) is 6.51. The van der Waals surface area contributed by atoms with Crippen LogP contribution in [-0.2, 0) is 19.6 Å². The van der Waals surface area contributed by atoms with Crippen molar-refractivity contribution >= 4 is 29.9 Å². The summed E-state index contributed by atoms with van der Waals surface area (Å²) in [7, 11) is 1.57. The average Bonchev–Trinajstić information content (AvgIpc) is 3.09. The molecule has 0 aromatic carbocycles. The lowest BCUT2D eigenvalue weighted by Crippen LogP contribution is -2.37. The lowest BCUT2D eigenvalue weighted by molar-refractivity contribution is -0.141. The van der Waals surface area contributed by atoms with E-state index in [0.717, 1.165) is 10.3 Å². The van der Waals surface area contributed by atoms with Crippen LogP contribution in [0.25, 0.3) is 0 Å². The van der Waals surface area contributed by atoms with Crippen molar-refractivity contribution in [1.29, 1.82) is 0 Å². The number of nitrogens with one attached hydrogen (secondary N) is 2. The van der Waals surface area contributed by atoms with E-state index < -0.39 is 12.7 Å². The van der Waals surface area contributed by atoms with Crippen molar-refractivity contribution in [3.8, 4) is 0 Å². The monoisotopic (exact) mass is 443 g/mol. The number of imidazole rings is 1. The van der Waals surface area contributed by atoms with E-state index in [-0.39, 0.29) is 36.3 Å². The predicted molar refractivity (Wildman–Crippen MR) is 89.4 cm³/mol. The van der Waals surface area contributed by atoms with E-state index in [9.17, 15) is 13.2 Å². The van der Waals surface area contributed by atoms with Crippen molar-refractivity contribution < 1.29 is 17.6 Å². The predicted octanol–water partition coefficient (Wildman–Crippen LogP) is 2.52. The van der Waals surface area contributed by atoms with Crippen molar-refractivity contribution in [2.45, 2.75) is 25.8 Å². The van der Waals surface area contributed by atoms with Crippen molar-refractivity contribution in [3.63, 3.8) is 0 Å². The number of furan rings is 1. The molecular formula is C13H17F3IN5O. The van der Waals surface area contributed by atoms with Gasteiger partial charge in [-0.3, -0.25) is 4.99 Å². The Bertz CT molecular complexity index is 609. The summed E-state index contributed by atoms with van der Waals surface area (Å²) in [6.07, 6.45) is -0.0961. The summed E-state index contributed by atoms with van der Waals surface area (Å²) < 4.78 is 43.5. The molecule has 128 valence electrons. The Kier molecular flexibility index (Phi) is 7.39. The van der Waals surface area contributed by atoms with Crippen LogP contribution in [0.4, 0.5) is 13.2 Å². The normalized spacial score (nSPS) is 11.9. The number of guanidine groups is 1. The van der Waals surface area contributed by atoms with E-state index in [1.54, 1.807) is 25.4 Å². The van der Waals surface area contributed by atoms with Gasteiger partial charge in [-0.05, 0) is 12.1 Å². The third-order valence-corrected chi connectivity index (χ3v) is 2.80. The van der Waals surface area contributed by atoms with Crippen molar-refractivity contribution in [2.24, 2.45) is 4.99 Å². The van der Waals surface area contributed by atoms with Crippen LogP contribution < -0.4 is 10.6 Å². The summed E-state index contributed by atoms with van der Waals surface area (Å²) in [6.45, 7) is -0.521. The summed E-state index contributed by atoms with van der Waals surface area (Å²) >= 11 is 0. The van der Waals surface area contributed by atoms with E-state index in [1.165, 1.54) is 12.4 Å². The number of hydrogen-bond donors (Lipinski definition) is 2. The second-order valence-corrected chi connectivity index (χ2v) is 4.45. The van der Waals surface area contributed by atoms with Crippen molar-refractivity contribution in [3.05, 3.63) is 42.4 Å². The maximum absolute atomic E-state index is 12.4. The molecule has 0 amide bonds. The van der Waals surface area contributed by atoms with E-state index in [0.29, 0.717) is 12.5 Å². The molecule has 23 heavy (non-hydrogen) atoms. The van der Waals surface area contributed by atoms with Crippen LogP contribution in [-0.4, -0.2) is 28.7 Å². The van der Waals surface area contributed by atoms with Gasteiger partial charge in [0.05, 0.1) is 19.4 Å². The fraction of sp³-hybridized carbons (Fsp3) is 0.385. The van der Waals surface area contributed by atoms with Gasteiger partial charge in [0, 0.05) is 19.4 Å². The van der Waals surface area contributed by atoms with Crippen LogP contribution in [0.2, 0.25) is 0 Å². The fourth-order valence-corrected chi connectivity index (χ4v) is 1.81. The van der Waals surface area contributed by atoms with Crippen molar-refractivity contribution in [2.75, 3.05) is 7.05 Å². The van der Waals surface area contributed by atoms with Gasteiger partial charge in [-0.15, -0.1) is 24.0 Å². The first-order chi connectivity index (χ1) is 10.5. The fourth-order valence-electron chi connectivity index (χ4n) is 1.81. The van der Waals surface area contributed by atoms with Gasteiger partial charge in [0.15, 0.2) is 5.96 Å². The van der Waals surface area contributed by atoms with E-state index >= 15 is 0 Å². The third-order valence-electron chi connectivity index (χ3n) is 2.80. The minimum atomic E-state index is -4.28. The number of rotatable bonds is 5. The molecule has 2 heterocycles. The molecule has 0 saturated carbocycles. The number of alkyl halides is 3. The van der Waals surface area contributed by atoms with Crippen LogP contribution >= 0.6 is 24.0 Å². The summed E-state index contributed by atoms with van der Waals surface area (Å²) in [5.74, 6) is 1.44. The number of hydrogen-bond acceptors (Lipinski definition) is 3. The molecule has 0 bridgehead atoms. The first-order valence-electron chi connectivity index (χ1n) is 6.51. The SMILES string of the molecule is CN=C(NCc1ccco1)NCc1nccn1CC(F)(F)F.I. The van der Waals surface area contributed by atoms with Gasteiger partial charge in [-0.25, -0.2) is 4.98 Å². The van der Waals surface area contributed by atoms with E-state index in [2.05, 4.69) is 20.6 Å². The number of halogens is 4. The molecule has 10 heteroatoms. The van der Waals surface area contributed by atoms with Gasteiger partial charge in [-0.2, -0.15) is 13.2 Å². The highest BCUT2D eigenvalue weighted by Crippen LogP contribution is 2.18. The molecule has 0 fully saturated rings. The quantitative estimate of drug-likeness (QED) is 0.424. The van der Waals surface area contributed by atoms with Crippen LogP contribution in [0.1, 0.15) is 11.6 Å². The number of nitrogens with zero attached hydrogens (tertiary/aromatic N) is 3. The molecule has 2 aromatic heterocycles. The summed E-state index contributed by atoms with van der Waals surface area (Å²) in [4.78, 5) is 7.90. The first kappa shape index (κ1) is 19.3. The minimum Gasteiger partial charge on any atom is -0.467 e. The topological polar surface area (TPSA) is 67.4 Å². The lowest BCUT2D eigenvalue weighted by atomic mass is 10.4. The summed E-state index contributed by atoms with van der Waals surface area (Å²) in [5.41, 5.74) is 0. The van der Waals surface area contributed by atoms with Gasteiger partial charge >= 0.3 is 6.18 Å². The molecule has 0 unspecified atom stereocenters. The third kappa shape index (κ3) is 6.50. The Morgan fingerprint density at radius 1 is 1.35 bits per heavy atom. The van der Waals surface area contributed by atoms with Gasteiger partial charge in [0.25, 0.3) is 0 Å².